The quantitative estimate of drug-likeness (QED) is 0.433. The smallest absolute Gasteiger partial charge is 0.287 e. The van der Waals surface area contributed by atoms with Gasteiger partial charge in [0.15, 0.2) is 17.3 Å². The summed E-state index contributed by atoms with van der Waals surface area (Å²) in [6.07, 6.45) is 0.669. The number of ether oxygens (including phenoxy) is 2. The topological polar surface area (TPSA) is 73.6 Å². The Morgan fingerprint density at radius 1 is 1.00 bits per heavy atom. The lowest BCUT2D eigenvalue weighted by Crippen LogP contribution is -2.25. The van der Waals surface area contributed by atoms with Crippen molar-refractivity contribution in [3.05, 3.63) is 65.5 Å². The number of aromatic nitrogens is 1. The van der Waals surface area contributed by atoms with Crippen LogP contribution in [0.4, 0.5) is 0 Å². The summed E-state index contributed by atoms with van der Waals surface area (Å²) >= 11 is 0. The molecule has 4 aromatic rings. The summed E-state index contributed by atoms with van der Waals surface area (Å²) in [6, 6.07) is 15.4. The predicted octanol–water partition coefficient (Wildman–Crippen LogP) is 5.06. The number of carbonyl (C=O) groups excluding carboxylic acids is 1. The van der Waals surface area contributed by atoms with Crippen LogP contribution in [0.3, 0.4) is 0 Å². The Balaban J connectivity index is 1.47. The van der Waals surface area contributed by atoms with Crippen molar-refractivity contribution in [3.63, 3.8) is 0 Å². The number of hydrogen-bond donors (Lipinski definition) is 1. The molecule has 4 rings (SSSR count). The second-order valence-electron chi connectivity index (χ2n) is 7.22. The molecule has 2 aromatic heterocycles. The summed E-state index contributed by atoms with van der Waals surface area (Å²) in [5.41, 5.74) is 3.45. The van der Waals surface area contributed by atoms with Gasteiger partial charge in [-0.05, 0) is 63.1 Å². The van der Waals surface area contributed by atoms with E-state index >= 15 is 0 Å². The van der Waals surface area contributed by atoms with Gasteiger partial charge in [0.25, 0.3) is 5.91 Å². The van der Waals surface area contributed by atoms with Crippen LogP contribution >= 0.6 is 0 Å². The van der Waals surface area contributed by atoms with Crippen molar-refractivity contribution in [3.8, 4) is 11.5 Å². The maximum Gasteiger partial charge on any atom is 0.287 e. The Bertz CT molecular complexity index is 1230. The van der Waals surface area contributed by atoms with E-state index in [0.717, 1.165) is 39.0 Å². The van der Waals surface area contributed by atoms with E-state index in [9.17, 15) is 4.79 Å². The zero-order valence-corrected chi connectivity index (χ0v) is 18.0. The highest BCUT2D eigenvalue weighted by molar-refractivity contribution is 6.06. The van der Waals surface area contributed by atoms with Gasteiger partial charge in [0.1, 0.15) is 5.58 Å². The predicted molar refractivity (Wildman–Crippen MR) is 121 cm³/mol. The van der Waals surface area contributed by atoms with Gasteiger partial charge in [-0.2, -0.15) is 0 Å². The van der Waals surface area contributed by atoms with Crippen molar-refractivity contribution in [2.45, 2.75) is 27.2 Å². The van der Waals surface area contributed by atoms with Gasteiger partial charge < -0.3 is 19.2 Å². The minimum Gasteiger partial charge on any atom is -0.490 e. The van der Waals surface area contributed by atoms with Crippen LogP contribution in [0, 0.1) is 6.92 Å². The monoisotopic (exact) mass is 418 g/mol. The number of rotatable bonds is 8. The van der Waals surface area contributed by atoms with Crippen LogP contribution in [0.2, 0.25) is 0 Å². The Labute approximate surface area is 181 Å². The standard InChI is InChI=1S/C25H26N2O4/c1-4-29-21-11-10-17(14-22(21)30-5-2)12-13-26-25(28)23-15-19-16(3)27-20-9-7-6-8-18(20)24(19)31-23/h6-11,14-15H,4-5,12-13H2,1-3H3,(H,26,28). The molecule has 0 saturated heterocycles. The minimum atomic E-state index is -0.240. The Morgan fingerprint density at radius 3 is 2.58 bits per heavy atom. The molecule has 1 amide bonds. The fourth-order valence-electron chi connectivity index (χ4n) is 3.63. The largest absolute Gasteiger partial charge is 0.490 e. The van der Waals surface area contributed by atoms with E-state index in [1.807, 2.05) is 63.2 Å². The minimum absolute atomic E-state index is 0.240. The maximum absolute atomic E-state index is 12.7. The number of pyridine rings is 1. The molecule has 0 aliphatic heterocycles. The average Bonchev–Trinajstić information content (AvgIpc) is 3.22. The zero-order chi connectivity index (χ0) is 21.8. The number of fused-ring (bicyclic) bond motifs is 3. The van der Waals surface area contributed by atoms with Gasteiger partial charge in [-0.25, -0.2) is 0 Å². The van der Waals surface area contributed by atoms with Gasteiger partial charge >= 0.3 is 0 Å². The number of aryl methyl sites for hydroxylation is 1. The number of amides is 1. The average molecular weight is 418 g/mol. The Kier molecular flexibility index (Phi) is 6.07. The van der Waals surface area contributed by atoms with Gasteiger partial charge in [0.2, 0.25) is 0 Å². The van der Waals surface area contributed by atoms with E-state index < -0.39 is 0 Å². The Morgan fingerprint density at radius 2 is 1.77 bits per heavy atom. The van der Waals surface area contributed by atoms with Crippen LogP contribution in [0.5, 0.6) is 11.5 Å². The number of furan rings is 1. The molecule has 160 valence electrons. The first kappa shape index (κ1) is 20.7. The molecule has 0 bridgehead atoms. The lowest BCUT2D eigenvalue weighted by atomic mass is 10.1. The summed E-state index contributed by atoms with van der Waals surface area (Å²) in [6.45, 7) is 7.43. The van der Waals surface area contributed by atoms with Crippen molar-refractivity contribution in [2.75, 3.05) is 19.8 Å². The van der Waals surface area contributed by atoms with Crippen LogP contribution in [-0.2, 0) is 6.42 Å². The van der Waals surface area contributed by atoms with E-state index in [-0.39, 0.29) is 11.7 Å². The summed E-state index contributed by atoms with van der Waals surface area (Å²) in [4.78, 5) is 17.3. The first-order valence-electron chi connectivity index (χ1n) is 10.6. The van der Waals surface area contributed by atoms with Gasteiger partial charge in [0, 0.05) is 23.0 Å². The number of nitrogens with zero attached hydrogens (tertiary/aromatic N) is 1. The third kappa shape index (κ3) is 4.33. The molecule has 0 spiro atoms. The highest BCUT2D eigenvalue weighted by Gasteiger charge is 2.16. The van der Waals surface area contributed by atoms with E-state index in [2.05, 4.69) is 10.3 Å². The molecule has 2 aromatic carbocycles. The fraction of sp³-hybridized carbons (Fsp3) is 0.280. The molecule has 2 heterocycles. The number of benzene rings is 2. The maximum atomic E-state index is 12.7. The summed E-state index contributed by atoms with van der Waals surface area (Å²) in [5, 5.41) is 4.70. The third-order valence-corrected chi connectivity index (χ3v) is 5.09. The SMILES string of the molecule is CCOc1ccc(CCNC(=O)c2cc3c(C)nc4ccccc4c3o2)cc1OCC. The molecule has 31 heavy (non-hydrogen) atoms. The van der Waals surface area contributed by atoms with E-state index in [0.29, 0.717) is 31.8 Å². The van der Waals surface area contributed by atoms with Crippen LogP contribution < -0.4 is 14.8 Å². The molecule has 0 atom stereocenters. The summed E-state index contributed by atoms with van der Waals surface area (Å²) in [5.74, 6) is 1.50. The number of carbonyl (C=O) groups is 1. The molecule has 6 nitrogen and oxygen atoms in total. The van der Waals surface area contributed by atoms with Gasteiger partial charge in [-0.3, -0.25) is 9.78 Å². The van der Waals surface area contributed by atoms with Crippen molar-refractivity contribution in [1.29, 1.82) is 0 Å². The second-order valence-corrected chi connectivity index (χ2v) is 7.22. The molecule has 1 N–H and O–H groups in total. The molecule has 0 saturated carbocycles. The summed E-state index contributed by atoms with van der Waals surface area (Å²) < 4.78 is 17.2. The van der Waals surface area contributed by atoms with Gasteiger partial charge in [-0.15, -0.1) is 0 Å². The van der Waals surface area contributed by atoms with Crippen molar-refractivity contribution in [2.24, 2.45) is 0 Å². The number of nitrogens with one attached hydrogen (secondary N) is 1. The molecule has 0 fully saturated rings. The molecular formula is C25H26N2O4. The fourth-order valence-corrected chi connectivity index (χ4v) is 3.63. The highest BCUT2D eigenvalue weighted by atomic mass is 16.5. The first-order valence-corrected chi connectivity index (χ1v) is 10.6. The number of para-hydroxylation sites is 1. The molecular weight excluding hydrogens is 392 g/mol. The van der Waals surface area contributed by atoms with Crippen molar-refractivity contribution in [1.82, 2.24) is 10.3 Å². The van der Waals surface area contributed by atoms with Crippen molar-refractivity contribution < 1.29 is 18.7 Å². The van der Waals surface area contributed by atoms with E-state index in [4.69, 9.17) is 13.9 Å². The van der Waals surface area contributed by atoms with Gasteiger partial charge in [-0.1, -0.05) is 18.2 Å². The number of hydrogen-bond acceptors (Lipinski definition) is 5. The molecule has 6 heteroatoms. The van der Waals surface area contributed by atoms with Crippen LogP contribution in [0.1, 0.15) is 35.7 Å². The normalized spacial score (nSPS) is 11.1. The third-order valence-electron chi connectivity index (χ3n) is 5.09. The second kappa shape index (κ2) is 9.08. The lowest BCUT2D eigenvalue weighted by molar-refractivity contribution is 0.0928. The highest BCUT2D eigenvalue weighted by Crippen LogP contribution is 2.30. The van der Waals surface area contributed by atoms with Crippen molar-refractivity contribution >= 4 is 27.8 Å². The molecule has 0 radical (unpaired) electrons. The molecule has 0 aliphatic rings. The Hall–Kier alpha value is -3.54. The molecule has 0 aliphatic carbocycles. The summed E-state index contributed by atoms with van der Waals surface area (Å²) in [7, 11) is 0. The van der Waals surface area contributed by atoms with E-state index in [1.54, 1.807) is 6.07 Å². The zero-order valence-electron chi connectivity index (χ0n) is 18.0. The van der Waals surface area contributed by atoms with Crippen LogP contribution in [0.15, 0.2) is 52.9 Å². The van der Waals surface area contributed by atoms with Gasteiger partial charge in [0.05, 0.1) is 18.7 Å². The molecule has 0 unspecified atom stereocenters. The van der Waals surface area contributed by atoms with Crippen LogP contribution in [0.25, 0.3) is 21.9 Å². The van der Waals surface area contributed by atoms with E-state index in [1.165, 1.54) is 0 Å². The lowest BCUT2D eigenvalue weighted by Gasteiger charge is -2.12. The first-order chi connectivity index (χ1) is 15.1. The van der Waals surface area contributed by atoms with Crippen LogP contribution in [-0.4, -0.2) is 30.6 Å².